The van der Waals surface area contributed by atoms with Gasteiger partial charge in [0.25, 0.3) is 0 Å². The Balaban J connectivity index is 1.64. The van der Waals surface area contributed by atoms with Gasteiger partial charge in [0.2, 0.25) is 5.91 Å². The molecule has 1 saturated heterocycles. The summed E-state index contributed by atoms with van der Waals surface area (Å²) >= 11 is 0. The van der Waals surface area contributed by atoms with E-state index in [-0.39, 0.29) is 17.4 Å². The van der Waals surface area contributed by atoms with Gasteiger partial charge >= 0.3 is 0 Å². The fourth-order valence-electron chi connectivity index (χ4n) is 4.11. The molecular weight excluding hydrogens is 272 g/mol. The zero-order valence-corrected chi connectivity index (χ0v) is 13.7. The molecule has 1 aliphatic carbocycles. The molecule has 3 nitrogen and oxygen atoms in total. The number of hydrogen-bond acceptors (Lipinski definition) is 2. The van der Waals surface area contributed by atoms with Gasteiger partial charge in [-0.1, -0.05) is 43.2 Å². The molecule has 1 aliphatic heterocycles. The van der Waals surface area contributed by atoms with Gasteiger partial charge in [0.15, 0.2) is 0 Å². The fraction of sp³-hybridized carbons (Fsp3) is 0.632. The molecule has 1 unspecified atom stereocenters. The van der Waals surface area contributed by atoms with Crippen LogP contribution in [0.5, 0.6) is 0 Å². The van der Waals surface area contributed by atoms with Gasteiger partial charge in [-0.15, -0.1) is 0 Å². The van der Waals surface area contributed by atoms with E-state index in [1.165, 1.54) is 44.1 Å². The molecule has 3 heteroatoms. The van der Waals surface area contributed by atoms with E-state index in [1.54, 1.807) is 0 Å². The van der Waals surface area contributed by atoms with Crippen LogP contribution in [0.25, 0.3) is 0 Å². The van der Waals surface area contributed by atoms with E-state index >= 15 is 0 Å². The molecule has 1 N–H and O–H groups in total. The number of nitrogens with one attached hydrogen (secondary N) is 1. The smallest absolute Gasteiger partial charge is 0.237 e. The second kappa shape index (κ2) is 6.82. The lowest BCUT2D eigenvalue weighted by molar-refractivity contribution is -0.125. The summed E-state index contributed by atoms with van der Waals surface area (Å²) in [6.45, 7) is 4.97. The number of nitrogens with zero attached hydrogens (tertiary/aromatic N) is 1. The lowest BCUT2D eigenvalue weighted by Gasteiger charge is -2.31. The topological polar surface area (TPSA) is 32.3 Å². The third kappa shape index (κ3) is 3.19. The van der Waals surface area contributed by atoms with Gasteiger partial charge in [-0.2, -0.15) is 0 Å². The number of hydrogen-bond donors (Lipinski definition) is 1. The van der Waals surface area contributed by atoms with Crippen LogP contribution < -0.4 is 5.32 Å². The number of likely N-dealkylation sites (tertiary alicyclic amines) is 1. The first-order valence-electron chi connectivity index (χ1n) is 8.79. The summed E-state index contributed by atoms with van der Waals surface area (Å²) in [5.74, 6) is 0.198. The number of carbonyl (C=O) groups is 1. The van der Waals surface area contributed by atoms with Crippen LogP contribution in [0.3, 0.4) is 0 Å². The molecule has 22 heavy (non-hydrogen) atoms. The minimum atomic E-state index is 0.0109. The molecule has 1 atom stereocenters. The average molecular weight is 300 g/mol. The Morgan fingerprint density at radius 1 is 1.14 bits per heavy atom. The molecule has 1 aromatic rings. The number of carbonyl (C=O) groups excluding carboxylic acids is 1. The van der Waals surface area contributed by atoms with E-state index < -0.39 is 0 Å². The molecule has 2 aliphatic rings. The monoisotopic (exact) mass is 300 g/mol. The molecule has 1 heterocycles. The second-order valence-electron chi connectivity index (χ2n) is 6.99. The first-order chi connectivity index (χ1) is 10.7. The predicted octanol–water partition coefficient (Wildman–Crippen LogP) is 3.10. The maximum absolute atomic E-state index is 12.5. The Morgan fingerprint density at radius 3 is 2.41 bits per heavy atom. The highest BCUT2D eigenvalue weighted by atomic mass is 16.2. The molecule has 0 spiro atoms. The van der Waals surface area contributed by atoms with E-state index in [0.29, 0.717) is 0 Å². The Bertz CT molecular complexity index is 487. The highest BCUT2D eigenvalue weighted by Crippen LogP contribution is 2.40. The summed E-state index contributed by atoms with van der Waals surface area (Å²) < 4.78 is 0. The van der Waals surface area contributed by atoms with Crippen molar-refractivity contribution in [2.75, 3.05) is 19.6 Å². The third-order valence-corrected chi connectivity index (χ3v) is 5.62. The summed E-state index contributed by atoms with van der Waals surface area (Å²) in [6.07, 6.45) is 7.38. The Kier molecular flexibility index (Phi) is 4.82. The Labute approximate surface area is 134 Å². The first kappa shape index (κ1) is 15.5. The molecule has 0 aromatic heterocycles. The third-order valence-electron chi connectivity index (χ3n) is 5.62. The predicted molar refractivity (Wildman–Crippen MR) is 89.9 cm³/mol. The van der Waals surface area contributed by atoms with Crippen LogP contribution in [0.4, 0.5) is 0 Å². The highest BCUT2D eigenvalue weighted by Gasteiger charge is 2.36. The van der Waals surface area contributed by atoms with Gasteiger partial charge in [-0.05, 0) is 51.3 Å². The molecule has 1 saturated carbocycles. The summed E-state index contributed by atoms with van der Waals surface area (Å²) in [4.78, 5) is 14.8. The van der Waals surface area contributed by atoms with E-state index in [1.807, 2.05) is 6.92 Å². The quantitative estimate of drug-likeness (QED) is 0.906. The van der Waals surface area contributed by atoms with Crippen molar-refractivity contribution in [1.29, 1.82) is 0 Å². The summed E-state index contributed by atoms with van der Waals surface area (Å²) in [5.41, 5.74) is 1.54. The van der Waals surface area contributed by atoms with Crippen molar-refractivity contribution in [3.05, 3.63) is 35.9 Å². The van der Waals surface area contributed by atoms with Crippen molar-refractivity contribution in [2.45, 2.75) is 56.9 Å². The van der Waals surface area contributed by atoms with Gasteiger partial charge in [0.1, 0.15) is 0 Å². The van der Waals surface area contributed by atoms with Crippen molar-refractivity contribution in [3.63, 3.8) is 0 Å². The van der Waals surface area contributed by atoms with Gasteiger partial charge in [-0.25, -0.2) is 0 Å². The van der Waals surface area contributed by atoms with Crippen LogP contribution in [0.1, 0.15) is 51.0 Å². The van der Waals surface area contributed by atoms with Crippen LogP contribution in [0, 0.1) is 0 Å². The van der Waals surface area contributed by atoms with Crippen LogP contribution >= 0.6 is 0 Å². The van der Waals surface area contributed by atoms with Gasteiger partial charge in [-0.3, -0.25) is 9.69 Å². The normalized spacial score (nSPS) is 22.6. The molecular formula is C19H28N2O. The van der Waals surface area contributed by atoms with E-state index in [2.05, 4.69) is 40.5 Å². The van der Waals surface area contributed by atoms with Crippen molar-refractivity contribution in [2.24, 2.45) is 0 Å². The van der Waals surface area contributed by atoms with E-state index in [0.717, 1.165) is 19.6 Å². The summed E-state index contributed by atoms with van der Waals surface area (Å²) in [5, 5.41) is 3.26. The molecule has 0 bridgehead atoms. The largest absolute Gasteiger partial charge is 0.354 e. The fourth-order valence-corrected chi connectivity index (χ4v) is 4.11. The maximum Gasteiger partial charge on any atom is 0.237 e. The minimum Gasteiger partial charge on any atom is -0.354 e. The molecule has 0 radical (unpaired) electrons. The average Bonchev–Trinajstić information content (AvgIpc) is 3.25. The second-order valence-corrected chi connectivity index (χ2v) is 6.99. The number of amides is 1. The van der Waals surface area contributed by atoms with Crippen LogP contribution in [0.15, 0.2) is 30.3 Å². The highest BCUT2D eigenvalue weighted by molar-refractivity contribution is 5.81. The summed E-state index contributed by atoms with van der Waals surface area (Å²) in [6, 6.07) is 10.8. The van der Waals surface area contributed by atoms with E-state index in [4.69, 9.17) is 0 Å². The molecule has 3 rings (SSSR count). The van der Waals surface area contributed by atoms with Crippen LogP contribution in [-0.4, -0.2) is 36.5 Å². The Morgan fingerprint density at radius 2 is 1.77 bits per heavy atom. The zero-order valence-electron chi connectivity index (χ0n) is 13.7. The molecule has 120 valence electrons. The van der Waals surface area contributed by atoms with E-state index in [9.17, 15) is 4.79 Å². The van der Waals surface area contributed by atoms with Gasteiger partial charge in [0, 0.05) is 12.0 Å². The van der Waals surface area contributed by atoms with Gasteiger partial charge in [0.05, 0.1) is 6.04 Å². The van der Waals surface area contributed by atoms with Crippen LogP contribution in [0.2, 0.25) is 0 Å². The molecule has 1 amide bonds. The zero-order chi connectivity index (χ0) is 15.4. The van der Waals surface area contributed by atoms with Crippen molar-refractivity contribution < 1.29 is 4.79 Å². The summed E-state index contributed by atoms with van der Waals surface area (Å²) in [7, 11) is 0. The van der Waals surface area contributed by atoms with Crippen molar-refractivity contribution in [1.82, 2.24) is 10.2 Å². The SMILES string of the molecule is CC(C(=O)NCC1(c2ccccc2)CCCC1)N1CCCC1. The van der Waals surface area contributed by atoms with Crippen LogP contribution in [-0.2, 0) is 10.2 Å². The molecule has 1 aromatic carbocycles. The Hall–Kier alpha value is -1.35. The lowest BCUT2D eigenvalue weighted by Crippen LogP contribution is -2.47. The maximum atomic E-state index is 12.5. The number of benzene rings is 1. The van der Waals surface area contributed by atoms with Crippen molar-refractivity contribution in [3.8, 4) is 0 Å². The molecule has 2 fully saturated rings. The van der Waals surface area contributed by atoms with Gasteiger partial charge < -0.3 is 5.32 Å². The number of rotatable bonds is 5. The lowest BCUT2D eigenvalue weighted by atomic mass is 9.79. The minimum absolute atomic E-state index is 0.0109. The van der Waals surface area contributed by atoms with Crippen molar-refractivity contribution >= 4 is 5.91 Å². The standard InChI is InChI=1S/C19H28N2O/c1-16(21-13-7-8-14-21)18(22)20-15-19(11-5-6-12-19)17-9-3-2-4-10-17/h2-4,9-10,16H,5-8,11-15H2,1H3,(H,20,22). The first-order valence-corrected chi connectivity index (χ1v) is 8.79.